The van der Waals surface area contributed by atoms with Crippen molar-refractivity contribution < 1.29 is 23.4 Å². The third kappa shape index (κ3) is 10.6. The van der Waals surface area contributed by atoms with E-state index in [0.717, 1.165) is 36.1 Å². The van der Waals surface area contributed by atoms with Crippen LogP contribution >= 0.6 is 0 Å². The molecule has 0 saturated carbocycles. The maximum Gasteiger partial charge on any atom is 0.261 e. The van der Waals surface area contributed by atoms with Gasteiger partial charge in [0.1, 0.15) is 30.6 Å². The van der Waals surface area contributed by atoms with Gasteiger partial charge in [-0.1, -0.05) is 179 Å². The molecule has 1 aliphatic rings. The molecule has 0 aliphatic carbocycles. The number of hydrogen-bond acceptors (Lipinski definition) is 6. The summed E-state index contributed by atoms with van der Waals surface area (Å²) in [5.74, 6) is 0. The standard InChI is InChI=1S/C48H57NO5Si/c1-5-6-22-33-49-47-46(52-36-40-27-16-9-17-28-40)45(51-35-39-25-14-8-15-26-39)44(50-34-38-23-12-7-13-24-38)43(54-47)37-53-55(48(2,3)4,41-29-18-10-19-30-41)42-31-20-11-21-32-42/h5,7-21,23-32,43-47,49H,1,6,22,33-37H2,2-4H3/t43-,44-,45+,46-,47-/m1/s1. The van der Waals surface area contributed by atoms with Crippen LogP contribution in [-0.2, 0) is 43.2 Å². The number of ether oxygens (including phenoxy) is 4. The molecule has 5 atom stereocenters. The summed E-state index contributed by atoms with van der Waals surface area (Å²) in [5.41, 5.74) is 3.23. The third-order valence-corrected chi connectivity index (χ3v) is 15.3. The predicted molar refractivity (Wildman–Crippen MR) is 225 cm³/mol. The van der Waals surface area contributed by atoms with Crippen molar-refractivity contribution in [1.29, 1.82) is 0 Å². The normalized spacial score (nSPS) is 20.2. The van der Waals surface area contributed by atoms with Crippen LogP contribution in [0.1, 0.15) is 50.3 Å². The zero-order valence-corrected chi connectivity index (χ0v) is 33.6. The number of unbranched alkanes of at least 4 members (excludes halogenated alkanes) is 1. The lowest BCUT2D eigenvalue weighted by Crippen LogP contribution is -2.69. The van der Waals surface area contributed by atoms with E-state index >= 15 is 0 Å². The molecule has 6 rings (SSSR count). The molecule has 1 heterocycles. The van der Waals surface area contributed by atoms with E-state index in [4.69, 9.17) is 23.4 Å². The van der Waals surface area contributed by atoms with Crippen LogP contribution < -0.4 is 15.7 Å². The minimum Gasteiger partial charge on any atom is -0.405 e. The highest BCUT2D eigenvalue weighted by Gasteiger charge is 2.53. The predicted octanol–water partition coefficient (Wildman–Crippen LogP) is 8.60. The van der Waals surface area contributed by atoms with Gasteiger partial charge in [-0.3, -0.25) is 5.32 Å². The van der Waals surface area contributed by atoms with E-state index < -0.39 is 39.0 Å². The van der Waals surface area contributed by atoms with Crippen LogP contribution in [0.25, 0.3) is 0 Å². The molecule has 7 heteroatoms. The van der Waals surface area contributed by atoms with Crippen LogP contribution in [-0.4, -0.2) is 52.1 Å². The number of hydrogen-bond donors (Lipinski definition) is 1. The molecule has 0 amide bonds. The largest absolute Gasteiger partial charge is 0.405 e. The van der Waals surface area contributed by atoms with Gasteiger partial charge in [-0.25, -0.2) is 0 Å². The van der Waals surface area contributed by atoms with Crippen LogP contribution in [0.5, 0.6) is 0 Å². The van der Waals surface area contributed by atoms with Crippen molar-refractivity contribution in [3.05, 3.63) is 181 Å². The number of benzene rings is 5. The number of rotatable bonds is 19. The summed E-state index contributed by atoms with van der Waals surface area (Å²) in [6, 6.07) is 52.3. The molecule has 0 spiro atoms. The highest BCUT2D eigenvalue weighted by Crippen LogP contribution is 2.38. The molecule has 5 aromatic rings. The van der Waals surface area contributed by atoms with E-state index in [0.29, 0.717) is 26.4 Å². The average molecular weight is 756 g/mol. The first-order valence-electron chi connectivity index (χ1n) is 19.6. The molecule has 1 N–H and O–H groups in total. The molecule has 55 heavy (non-hydrogen) atoms. The highest BCUT2D eigenvalue weighted by atomic mass is 28.4. The van der Waals surface area contributed by atoms with Gasteiger partial charge in [0.25, 0.3) is 8.32 Å². The molecular weight excluding hydrogens is 699 g/mol. The minimum atomic E-state index is -2.92. The Hall–Kier alpha value is -4.18. The Kier molecular flexibility index (Phi) is 14.8. The average Bonchev–Trinajstić information content (AvgIpc) is 3.22. The van der Waals surface area contributed by atoms with Crippen molar-refractivity contribution in [3.63, 3.8) is 0 Å². The molecule has 0 unspecified atom stereocenters. The van der Waals surface area contributed by atoms with Crippen molar-refractivity contribution in [3.8, 4) is 0 Å². The molecule has 0 bridgehead atoms. The van der Waals surface area contributed by atoms with Crippen molar-refractivity contribution in [2.45, 2.75) is 89.1 Å². The fourth-order valence-electron chi connectivity index (χ4n) is 7.55. The Labute approximate surface area is 329 Å². The fraction of sp³-hybridized carbons (Fsp3) is 0.333. The maximum absolute atomic E-state index is 7.55. The Bertz CT molecular complexity index is 1780. The summed E-state index contributed by atoms with van der Waals surface area (Å²) in [6.45, 7) is 13.1. The van der Waals surface area contributed by atoms with Gasteiger partial charge < -0.3 is 23.4 Å². The van der Waals surface area contributed by atoms with Crippen LogP contribution in [0, 0.1) is 0 Å². The molecular formula is C48H57NO5Si. The SMILES string of the molecule is C=CCCCN[C@@H]1O[C@H](CO[Si](c2ccccc2)(c2ccccc2)C(C)(C)C)[C@@H](OCc2ccccc2)[C@H](OCc2ccccc2)[C@H]1OCc1ccccc1. The first-order chi connectivity index (χ1) is 26.9. The highest BCUT2D eigenvalue weighted by molar-refractivity contribution is 6.99. The van der Waals surface area contributed by atoms with Gasteiger partial charge in [0.15, 0.2) is 0 Å². The van der Waals surface area contributed by atoms with Crippen molar-refractivity contribution in [2.75, 3.05) is 13.2 Å². The molecule has 0 radical (unpaired) electrons. The van der Waals surface area contributed by atoms with Crippen molar-refractivity contribution >= 4 is 18.7 Å². The van der Waals surface area contributed by atoms with Crippen molar-refractivity contribution in [1.82, 2.24) is 5.32 Å². The summed E-state index contributed by atoms with van der Waals surface area (Å²) in [7, 11) is -2.92. The summed E-state index contributed by atoms with van der Waals surface area (Å²) >= 11 is 0. The lowest BCUT2D eigenvalue weighted by molar-refractivity contribution is -0.274. The van der Waals surface area contributed by atoms with E-state index in [1.165, 1.54) is 10.4 Å². The first-order valence-corrected chi connectivity index (χ1v) is 21.5. The van der Waals surface area contributed by atoms with Crippen molar-refractivity contribution in [2.24, 2.45) is 0 Å². The fourth-order valence-corrected chi connectivity index (χ4v) is 12.1. The summed E-state index contributed by atoms with van der Waals surface area (Å²) in [6.07, 6.45) is 1.29. The quantitative estimate of drug-likeness (QED) is 0.0518. The number of allylic oxidation sites excluding steroid dienone is 1. The Morgan fingerprint density at radius 3 is 1.45 bits per heavy atom. The second-order valence-corrected chi connectivity index (χ2v) is 19.5. The van der Waals surface area contributed by atoms with E-state index in [-0.39, 0.29) is 5.04 Å². The molecule has 0 aromatic heterocycles. The van der Waals surface area contributed by atoms with Crippen LogP contribution in [0.4, 0.5) is 0 Å². The van der Waals surface area contributed by atoms with Crippen LogP contribution in [0.3, 0.4) is 0 Å². The molecule has 288 valence electrons. The van der Waals surface area contributed by atoms with Gasteiger partial charge >= 0.3 is 0 Å². The Morgan fingerprint density at radius 1 is 0.600 bits per heavy atom. The molecule has 1 fully saturated rings. The topological polar surface area (TPSA) is 58.2 Å². The molecule has 5 aromatic carbocycles. The molecule has 1 aliphatic heterocycles. The van der Waals surface area contributed by atoms with E-state index in [1.54, 1.807) is 0 Å². The minimum absolute atomic E-state index is 0.211. The zero-order chi connectivity index (χ0) is 38.4. The summed E-state index contributed by atoms with van der Waals surface area (Å²) in [4.78, 5) is 0. The maximum atomic E-state index is 7.55. The van der Waals surface area contributed by atoms with E-state index in [2.05, 4.69) is 130 Å². The Morgan fingerprint density at radius 2 is 1.02 bits per heavy atom. The van der Waals surface area contributed by atoms with Gasteiger partial charge in [-0.2, -0.15) is 0 Å². The Balaban J connectivity index is 1.40. The third-order valence-electron chi connectivity index (χ3n) is 10.3. The van der Waals surface area contributed by atoms with E-state index in [9.17, 15) is 0 Å². The lowest BCUT2D eigenvalue weighted by Gasteiger charge is -2.48. The molecule has 6 nitrogen and oxygen atoms in total. The first kappa shape index (κ1) is 40.5. The lowest BCUT2D eigenvalue weighted by atomic mass is 9.96. The van der Waals surface area contributed by atoms with Crippen LogP contribution in [0.15, 0.2) is 164 Å². The zero-order valence-electron chi connectivity index (χ0n) is 32.6. The van der Waals surface area contributed by atoms with Gasteiger partial charge in [0.2, 0.25) is 0 Å². The van der Waals surface area contributed by atoms with Gasteiger partial charge in [-0.15, -0.1) is 6.58 Å². The van der Waals surface area contributed by atoms with Gasteiger partial charge in [0, 0.05) is 0 Å². The van der Waals surface area contributed by atoms with Gasteiger partial charge in [-0.05, 0) is 51.5 Å². The smallest absolute Gasteiger partial charge is 0.261 e. The van der Waals surface area contributed by atoms with Gasteiger partial charge in [0.05, 0.1) is 26.4 Å². The summed E-state index contributed by atoms with van der Waals surface area (Å²) in [5, 5.41) is 5.93. The molecule has 1 saturated heterocycles. The second-order valence-electron chi connectivity index (χ2n) is 15.2. The van der Waals surface area contributed by atoms with E-state index in [1.807, 2.05) is 60.7 Å². The van der Waals surface area contributed by atoms with Crippen LogP contribution in [0.2, 0.25) is 5.04 Å². The summed E-state index contributed by atoms with van der Waals surface area (Å²) < 4.78 is 35.6. The second kappa shape index (κ2) is 20.1. The number of nitrogens with one attached hydrogen (secondary N) is 1. The monoisotopic (exact) mass is 755 g/mol.